The molecule has 1 unspecified atom stereocenters. The smallest absolute Gasteiger partial charge is 0.324 e. The van der Waals surface area contributed by atoms with Crippen LogP contribution in [0.4, 0.5) is 5.00 Å². The van der Waals surface area contributed by atoms with Crippen LogP contribution in [0.1, 0.15) is 19.2 Å². The van der Waals surface area contributed by atoms with Crippen LogP contribution in [0.25, 0.3) is 10.8 Å². The summed E-state index contributed by atoms with van der Waals surface area (Å²) in [6.07, 6.45) is 1.36. The molecule has 2 aromatic rings. The Morgan fingerprint density at radius 2 is 2.39 bits per heavy atom. The highest BCUT2D eigenvalue weighted by atomic mass is 32.1. The van der Waals surface area contributed by atoms with Gasteiger partial charge >= 0.3 is 5.00 Å². The zero-order valence-electron chi connectivity index (χ0n) is 9.70. The maximum atomic E-state index is 10.6. The van der Waals surface area contributed by atoms with Crippen LogP contribution < -0.4 is 5.73 Å². The van der Waals surface area contributed by atoms with Crippen molar-refractivity contribution < 1.29 is 9.45 Å². The molecule has 18 heavy (non-hydrogen) atoms. The van der Waals surface area contributed by atoms with Gasteiger partial charge in [-0.2, -0.15) is 4.98 Å². The van der Waals surface area contributed by atoms with E-state index in [1.165, 1.54) is 6.07 Å². The van der Waals surface area contributed by atoms with Gasteiger partial charge in [0.2, 0.25) is 0 Å². The predicted octanol–water partition coefficient (Wildman–Crippen LogP) is 1.99. The van der Waals surface area contributed by atoms with E-state index in [4.69, 9.17) is 10.3 Å². The summed E-state index contributed by atoms with van der Waals surface area (Å²) in [4.78, 5) is 14.9. The summed E-state index contributed by atoms with van der Waals surface area (Å²) >= 11 is 1.01. The van der Waals surface area contributed by atoms with E-state index < -0.39 is 4.92 Å². The monoisotopic (exact) mass is 268 g/mol. The average Bonchev–Trinajstić information content (AvgIpc) is 2.96. The van der Waals surface area contributed by atoms with E-state index in [0.29, 0.717) is 23.0 Å². The van der Waals surface area contributed by atoms with Gasteiger partial charge < -0.3 is 10.3 Å². The second-order valence-electron chi connectivity index (χ2n) is 3.78. The minimum Gasteiger partial charge on any atom is -0.333 e. The van der Waals surface area contributed by atoms with Crippen LogP contribution in [-0.4, -0.2) is 21.1 Å². The number of rotatable bonds is 5. The Kier molecular flexibility index (Phi) is 3.68. The lowest BCUT2D eigenvalue weighted by atomic mass is 10.2. The summed E-state index contributed by atoms with van der Waals surface area (Å²) in [6, 6.07) is 3.01. The third-order valence-corrected chi connectivity index (χ3v) is 3.44. The second-order valence-corrected chi connectivity index (χ2v) is 4.85. The number of hydrogen-bond donors (Lipinski definition) is 1. The third-order valence-electron chi connectivity index (χ3n) is 2.42. The van der Waals surface area contributed by atoms with Crippen molar-refractivity contribution in [3.63, 3.8) is 0 Å². The van der Waals surface area contributed by atoms with Crippen molar-refractivity contribution in [2.45, 2.75) is 25.8 Å². The molecule has 1 atom stereocenters. The van der Waals surface area contributed by atoms with Crippen molar-refractivity contribution in [1.82, 2.24) is 10.1 Å². The van der Waals surface area contributed by atoms with Gasteiger partial charge in [0, 0.05) is 18.5 Å². The van der Waals surface area contributed by atoms with Gasteiger partial charge in [0.25, 0.3) is 5.89 Å². The first-order valence-electron chi connectivity index (χ1n) is 5.43. The first kappa shape index (κ1) is 12.7. The molecule has 0 bridgehead atoms. The molecule has 0 spiro atoms. The molecule has 0 amide bonds. The van der Waals surface area contributed by atoms with Crippen molar-refractivity contribution in [3.8, 4) is 10.8 Å². The first-order chi connectivity index (χ1) is 8.60. The number of nitrogens with zero attached hydrogens (tertiary/aromatic N) is 3. The maximum Gasteiger partial charge on any atom is 0.324 e. The van der Waals surface area contributed by atoms with Crippen LogP contribution in [0.3, 0.4) is 0 Å². The standard InChI is InChI=1S/C10H12N4O3S/c1-2-6(11)5-8-12-10(17-13-8)7-3-4-9(18-7)14(15)16/h3-4,6H,2,5,11H2,1H3. The van der Waals surface area contributed by atoms with E-state index in [0.717, 1.165) is 17.8 Å². The SMILES string of the molecule is CCC(N)Cc1noc(-c2ccc([N+](=O)[O-])s2)n1. The lowest BCUT2D eigenvalue weighted by Crippen LogP contribution is -2.21. The number of nitro groups is 1. The Labute approximate surface area is 107 Å². The number of thiophene rings is 1. The molecule has 0 aliphatic rings. The van der Waals surface area contributed by atoms with Crippen LogP contribution in [0.5, 0.6) is 0 Å². The Morgan fingerprint density at radius 1 is 1.61 bits per heavy atom. The molecule has 96 valence electrons. The van der Waals surface area contributed by atoms with E-state index >= 15 is 0 Å². The molecule has 0 aromatic carbocycles. The van der Waals surface area contributed by atoms with Crippen molar-refractivity contribution in [2.75, 3.05) is 0 Å². The van der Waals surface area contributed by atoms with E-state index in [9.17, 15) is 10.1 Å². The Hall–Kier alpha value is -1.80. The summed E-state index contributed by atoms with van der Waals surface area (Å²) in [5.41, 5.74) is 5.79. The molecule has 0 fully saturated rings. The number of aromatic nitrogens is 2. The molecule has 0 radical (unpaired) electrons. The molecule has 2 N–H and O–H groups in total. The molecule has 8 heteroatoms. The van der Waals surface area contributed by atoms with Crippen molar-refractivity contribution >= 4 is 16.3 Å². The van der Waals surface area contributed by atoms with Gasteiger partial charge in [-0.15, -0.1) is 0 Å². The summed E-state index contributed by atoms with van der Waals surface area (Å²) in [6.45, 7) is 1.98. The highest BCUT2D eigenvalue weighted by molar-refractivity contribution is 7.18. The molecule has 0 aliphatic carbocycles. The van der Waals surface area contributed by atoms with Crippen molar-refractivity contribution in [2.24, 2.45) is 5.73 Å². The fourth-order valence-electron chi connectivity index (χ4n) is 1.36. The second kappa shape index (κ2) is 5.23. The van der Waals surface area contributed by atoms with Crippen molar-refractivity contribution in [1.29, 1.82) is 0 Å². The molecule has 0 aliphatic heterocycles. The minimum absolute atomic E-state index is 0.00637. The molecule has 2 rings (SSSR count). The van der Waals surface area contributed by atoms with E-state index in [2.05, 4.69) is 10.1 Å². The molecule has 2 heterocycles. The van der Waals surface area contributed by atoms with Crippen LogP contribution in [0, 0.1) is 10.1 Å². The van der Waals surface area contributed by atoms with Gasteiger partial charge in [0.1, 0.15) is 0 Å². The van der Waals surface area contributed by atoms with Crippen LogP contribution in [-0.2, 0) is 6.42 Å². The van der Waals surface area contributed by atoms with Gasteiger partial charge in [0.05, 0.1) is 9.80 Å². The average molecular weight is 268 g/mol. The highest BCUT2D eigenvalue weighted by Gasteiger charge is 2.16. The third kappa shape index (κ3) is 2.71. The lowest BCUT2D eigenvalue weighted by Gasteiger charge is -2.02. The topological polar surface area (TPSA) is 108 Å². The summed E-state index contributed by atoms with van der Waals surface area (Å²) in [5.74, 6) is 0.821. The molecule has 0 saturated carbocycles. The Bertz CT molecular complexity index is 551. The van der Waals surface area contributed by atoms with Gasteiger partial charge in [-0.1, -0.05) is 23.4 Å². The maximum absolute atomic E-state index is 10.6. The van der Waals surface area contributed by atoms with Gasteiger partial charge in [-0.25, -0.2) is 0 Å². The van der Waals surface area contributed by atoms with E-state index in [1.807, 2.05) is 6.92 Å². The first-order valence-corrected chi connectivity index (χ1v) is 6.24. The summed E-state index contributed by atoms with van der Waals surface area (Å²) in [7, 11) is 0. The zero-order chi connectivity index (χ0) is 13.1. The van der Waals surface area contributed by atoms with Gasteiger partial charge in [-0.05, 0) is 12.5 Å². The molecular weight excluding hydrogens is 256 g/mol. The normalized spacial score (nSPS) is 12.6. The molecular formula is C10H12N4O3S. The lowest BCUT2D eigenvalue weighted by molar-refractivity contribution is -0.380. The predicted molar refractivity (Wildman–Crippen MR) is 66.2 cm³/mol. The van der Waals surface area contributed by atoms with Crippen molar-refractivity contribution in [3.05, 3.63) is 28.1 Å². The number of hydrogen-bond acceptors (Lipinski definition) is 7. The largest absolute Gasteiger partial charge is 0.333 e. The molecule has 7 nitrogen and oxygen atoms in total. The van der Waals surface area contributed by atoms with Crippen LogP contribution in [0.15, 0.2) is 16.7 Å². The highest BCUT2D eigenvalue weighted by Crippen LogP contribution is 2.31. The minimum atomic E-state index is -0.446. The van der Waals surface area contributed by atoms with E-state index in [1.54, 1.807) is 6.07 Å². The van der Waals surface area contributed by atoms with Crippen LogP contribution in [0.2, 0.25) is 0 Å². The summed E-state index contributed by atoms with van der Waals surface area (Å²) in [5, 5.41) is 14.4. The fraction of sp³-hybridized carbons (Fsp3) is 0.400. The Balaban J connectivity index is 2.16. The Morgan fingerprint density at radius 3 is 3.00 bits per heavy atom. The zero-order valence-corrected chi connectivity index (χ0v) is 10.5. The van der Waals surface area contributed by atoms with E-state index in [-0.39, 0.29) is 11.0 Å². The fourth-order valence-corrected chi connectivity index (χ4v) is 2.10. The summed E-state index contributed by atoms with van der Waals surface area (Å²) < 4.78 is 5.06. The van der Waals surface area contributed by atoms with Gasteiger partial charge in [-0.3, -0.25) is 10.1 Å². The van der Waals surface area contributed by atoms with Crippen LogP contribution >= 0.6 is 11.3 Å². The molecule has 2 aromatic heterocycles. The van der Waals surface area contributed by atoms with Gasteiger partial charge in [0.15, 0.2) is 5.82 Å². The quantitative estimate of drug-likeness (QED) is 0.656. The number of nitrogens with two attached hydrogens (primary N) is 1. The molecule has 0 saturated heterocycles.